The van der Waals surface area contributed by atoms with Gasteiger partial charge in [-0.25, -0.2) is 4.79 Å². The lowest BCUT2D eigenvalue weighted by Gasteiger charge is -2.22. The Hall–Kier alpha value is -3.24. The van der Waals surface area contributed by atoms with Gasteiger partial charge < -0.3 is 14.7 Å². The number of rotatable bonds is 4. The number of para-hydroxylation sites is 1. The van der Waals surface area contributed by atoms with E-state index in [1.165, 1.54) is 0 Å². The number of fused-ring (bicyclic) bond motifs is 2. The molecule has 0 atom stereocenters. The highest BCUT2D eigenvalue weighted by atomic mass is 35.5. The Balaban J connectivity index is 1.62. The molecular formula is C23H18ClNO3. The summed E-state index contributed by atoms with van der Waals surface area (Å²) in [6, 6.07) is 20.4. The maximum absolute atomic E-state index is 11.1. The number of ether oxygens (including phenoxy) is 1. The Morgan fingerprint density at radius 2 is 1.93 bits per heavy atom. The van der Waals surface area contributed by atoms with E-state index in [1.54, 1.807) is 18.2 Å². The molecule has 0 amide bonds. The molecule has 0 saturated heterocycles. The van der Waals surface area contributed by atoms with Crippen molar-refractivity contribution in [2.45, 2.75) is 6.54 Å². The number of benzene rings is 3. The predicted octanol–water partition coefficient (Wildman–Crippen LogP) is 5.86. The van der Waals surface area contributed by atoms with Crippen LogP contribution in [0.4, 0.5) is 5.69 Å². The standard InChI is InChI=1S/C23H18ClNO3/c24-19-10-11-22-20(14-19)25(15-18-7-1-2-9-21(18)28-22)12-4-6-16-5-3-8-17(13-16)23(26)27/h1-11,13-14H,12,15H2,(H,26,27). The van der Waals surface area contributed by atoms with Crippen LogP contribution in [0.5, 0.6) is 11.5 Å². The molecule has 1 N–H and O–H groups in total. The summed E-state index contributed by atoms with van der Waals surface area (Å²) in [4.78, 5) is 13.3. The van der Waals surface area contributed by atoms with Crippen molar-refractivity contribution in [2.75, 3.05) is 11.4 Å². The number of aromatic carboxylic acids is 1. The fourth-order valence-electron chi connectivity index (χ4n) is 3.22. The Morgan fingerprint density at radius 3 is 2.79 bits per heavy atom. The predicted molar refractivity (Wildman–Crippen MR) is 111 cm³/mol. The van der Waals surface area contributed by atoms with E-state index in [0.717, 1.165) is 28.3 Å². The van der Waals surface area contributed by atoms with E-state index in [1.807, 2.05) is 54.6 Å². The molecule has 0 aliphatic carbocycles. The molecule has 1 heterocycles. The highest BCUT2D eigenvalue weighted by Gasteiger charge is 2.20. The van der Waals surface area contributed by atoms with Crippen LogP contribution < -0.4 is 9.64 Å². The number of hydrogen-bond acceptors (Lipinski definition) is 3. The van der Waals surface area contributed by atoms with E-state index in [9.17, 15) is 4.79 Å². The van der Waals surface area contributed by atoms with E-state index in [-0.39, 0.29) is 5.56 Å². The number of carboxylic acids is 1. The minimum absolute atomic E-state index is 0.274. The maximum Gasteiger partial charge on any atom is 0.335 e. The van der Waals surface area contributed by atoms with Gasteiger partial charge in [-0.3, -0.25) is 0 Å². The fourth-order valence-corrected chi connectivity index (χ4v) is 3.39. The highest BCUT2D eigenvalue weighted by Crippen LogP contribution is 2.40. The molecule has 4 nitrogen and oxygen atoms in total. The van der Waals surface area contributed by atoms with Crippen LogP contribution in [0.15, 0.2) is 72.8 Å². The topological polar surface area (TPSA) is 49.8 Å². The summed E-state index contributed by atoms with van der Waals surface area (Å²) in [6.07, 6.45) is 3.94. The molecule has 1 aliphatic rings. The van der Waals surface area contributed by atoms with Gasteiger partial charge in [0, 0.05) is 23.7 Å². The Kier molecular flexibility index (Phi) is 5.04. The molecule has 28 heavy (non-hydrogen) atoms. The Morgan fingerprint density at radius 1 is 1.07 bits per heavy atom. The fraction of sp³-hybridized carbons (Fsp3) is 0.0870. The molecule has 0 fully saturated rings. The number of halogens is 1. The number of hydrogen-bond donors (Lipinski definition) is 1. The van der Waals surface area contributed by atoms with Crippen molar-refractivity contribution >= 4 is 29.3 Å². The molecule has 3 aromatic carbocycles. The lowest BCUT2D eigenvalue weighted by Crippen LogP contribution is -2.21. The third-order valence-corrected chi connectivity index (χ3v) is 4.82. The zero-order chi connectivity index (χ0) is 19.5. The van der Waals surface area contributed by atoms with E-state index >= 15 is 0 Å². The van der Waals surface area contributed by atoms with Crippen molar-refractivity contribution in [1.82, 2.24) is 0 Å². The second-order valence-corrected chi connectivity index (χ2v) is 6.97. The van der Waals surface area contributed by atoms with Crippen molar-refractivity contribution < 1.29 is 14.6 Å². The van der Waals surface area contributed by atoms with Gasteiger partial charge in [0.05, 0.1) is 11.3 Å². The third-order valence-electron chi connectivity index (χ3n) is 4.59. The summed E-state index contributed by atoms with van der Waals surface area (Å²) < 4.78 is 6.10. The van der Waals surface area contributed by atoms with Crippen molar-refractivity contribution in [2.24, 2.45) is 0 Å². The zero-order valence-electron chi connectivity index (χ0n) is 15.0. The molecule has 0 unspecified atom stereocenters. The van der Waals surface area contributed by atoms with E-state index in [4.69, 9.17) is 21.4 Å². The average Bonchev–Trinajstić information content (AvgIpc) is 2.85. The molecular weight excluding hydrogens is 374 g/mol. The first-order chi connectivity index (χ1) is 13.6. The minimum Gasteiger partial charge on any atom is -0.478 e. The van der Waals surface area contributed by atoms with Crippen molar-refractivity contribution in [3.8, 4) is 11.5 Å². The van der Waals surface area contributed by atoms with Crippen LogP contribution in [0.3, 0.4) is 0 Å². The van der Waals surface area contributed by atoms with Crippen LogP contribution >= 0.6 is 11.6 Å². The van der Waals surface area contributed by atoms with Gasteiger partial charge in [-0.2, -0.15) is 0 Å². The van der Waals surface area contributed by atoms with Crippen LogP contribution in [-0.4, -0.2) is 17.6 Å². The second-order valence-electron chi connectivity index (χ2n) is 6.54. The van der Waals surface area contributed by atoms with Gasteiger partial charge in [0.15, 0.2) is 5.75 Å². The number of anilines is 1. The first-order valence-corrected chi connectivity index (χ1v) is 9.28. The summed E-state index contributed by atoms with van der Waals surface area (Å²) in [5.74, 6) is 0.669. The van der Waals surface area contributed by atoms with Gasteiger partial charge in [0.1, 0.15) is 5.75 Å². The molecule has 0 radical (unpaired) electrons. The third kappa shape index (κ3) is 3.87. The van der Waals surface area contributed by atoms with Crippen LogP contribution in [0, 0.1) is 0 Å². The summed E-state index contributed by atoms with van der Waals surface area (Å²) in [6.45, 7) is 1.31. The Bertz CT molecular complexity index is 1060. The lowest BCUT2D eigenvalue weighted by molar-refractivity contribution is 0.0697. The van der Waals surface area contributed by atoms with E-state index < -0.39 is 5.97 Å². The Labute approximate surface area is 168 Å². The number of carboxylic acid groups (broad SMARTS) is 1. The molecule has 1 aliphatic heterocycles. The average molecular weight is 392 g/mol. The number of nitrogens with zero attached hydrogens (tertiary/aromatic N) is 1. The van der Waals surface area contributed by atoms with Gasteiger partial charge in [0.2, 0.25) is 0 Å². The summed E-state index contributed by atoms with van der Waals surface area (Å²) in [5.41, 5.74) is 3.14. The van der Waals surface area contributed by atoms with Crippen LogP contribution in [-0.2, 0) is 6.54 Å². The van der Waals surface area contributed by atoms with Crippen LogP contribution in [0.2, 0.25) is 5.02 Å². The normalized spacial score (nSPS) is 12.8. The molecule has 0 aromatic heterocycles. The molecule has 0 saturated carbocycles. The highest BCUT2D eigenvalue weighted by molar-refractivity contribution is 6.31. The molecule has 0 bridgehead atoms. The van der Waals surface area contributed by atoms with E-state index in [2.05, 4.69) is 11.0 Å². The zero-order valence-corrected chi connectivity index (χ0v) is 15.8. The molecule has 0 spiro atoms. The van der Waals surface area contributed by atoms with Crippen molar-refractivity contribution in [3.05, 3.63) is 94.5 Å². The van der Waals surface area contributed by atoms with Crippen LogP contribution in [0.1, 0.15) is 21.5 Å². The van der Waals surface area contributed by atoms with Crippen molar-refractivity contribution in [1.29, 1.82) is 0 Å². The van der Waals surface area contributed by atoms with Crippen molar-refractivity contribution in [3.63, 3.8) is 0 Å². The monoisotopic (exact) mass is 391 g/mol. The molecule has 140 valence electrons. The minimum atomic E-state index is -0.930. The molecule has 5 heteroatoms. The van der Waals surface area contributed by atoms with E-state index in [0.29, 0.717) is 18.1 Å². The maximum atomic E-state index is 11.1. The van der Waals surface area contributed by atoms with Crippen LogP contribution in [0.25, 0.3) is 6.08 Å². The quantitative estimate of drug-likeness (QED) is 0.604. The number of carbonyl (C=O) groups is 1. The van der Waals surface area contributed by atoms with Gasteiger partial charge >= 0.3 is 5.97 Å². The summed E-state index contributed by atoms with van der Waals surface area (Å²) in [7, 11) is 0. The lowest BCUT2D eigenvalue weighted by atomic mass is 10.1. The smallest absolute Gasteiger partial charge is 0.335 e. The SMILES string of the molecule is O=C(O)c1cccc(C=CCN2Cc3ccccc3Oc3ccc(Cl)cc32)c1. The van der Waals surface area contributed by atoms with Gasteiger partial charge in [-0.05, 0) is 42.0 Å². The first kappa shape index (κ1) is 18.1. The summed E-state index contributed by atoms with van der Waals surface area (Å²) >= 11 is 6.23. The second kappa shape index (κ2) is 7.79. The first-order valence-electron chi connectivity index (χ1n) is 8.90. The van der Waals surface area contributed by atoms with Gasteiger partial charge in [0.25, 0.3) is 0 Å². The van der Waals surface area contributed by atoms with Gasteiger partial charge in [-0.15, -0.1) is 0 Å². The molecule has 4 rings (SSSR count). The van der Waals surface area contributed by atoms with Gasteiger partial charge in [-0.1, -0.05) is 54.1 Å². The molecule has 3 aromatic rings. The largest absolute Gasteiger partial charge is 0.478 e. The summed E-state index contributed by atoms with van der Waals surface area (Å²) in [5, 5.41) is 9.79.